The van der Waals surface area contributed by atoms with E-state index in [4.69, 9.17) is 0 Å². The van der Waals surface area contributed by atoms with Crippen molar-refractivity contribution in [2.75, 3.05) is 0 Å². The first-order valence-electron chi connectivity index (χ1n) is 5.07. The summed E-state index contributed by atoms with van der Waals surface area (Å²) >= 11 is 0. The molecule has 0 N–H and O–H groups in total. The van der Waals surface area contributed by atoms with Crippen molar-refractivity contribution < 1.29 is 22.0 Å². The lowest BCUT2D eigenvalue weighted by atomic mass is 10.2. The topological polar surface area (TPSA) is 65.6 Å². The molecule has 108 valence electrons. The summed E-state index contributed by atoms with van der Waals surface area (Å²) in [5.74, 6) is -5.06. The molecule has 0 saturated heterocycles. The van der Waals surface area contributed by atoms with Gasteiger partial charge in [0.05, 0.1) is 0 Å². The van der Waals surface area contributed by atoms with Crippen molar-refractivity contribution in [3.05, 3.63) is 41.1 Å². The maximum atomic E-state index is 13.0. The third-order valence-corrected chi connectivity index (χ3v) is 2.30. The average Bonchev–Trinajstić information content (AvgIpc) is 2.80. The molecule has 0 radical (unpaired) electrons. The van der Waals surface area contributed by atoms with Crippen molar-refractivity contribution in [2.45, 2.75) is 18.8 Å². The molecule has 0 aliphatic heterocycles. The van der Waals surface area contributed by atoms with Gasteiger partial charge in [-0.15, -0.1) is 0 Å². The predicted octanol–water partition coefficient (Wildman–Crippen LogP) is 0.995. The normalized spacial score (nSPS) is 12.7. The summed E-state index contributed by atoms with van der Waals surface area (Å²) in [6, 6.07) is 0.530. The molecule has 0 aliphatic carbocycles. The Bertz CT molecular complexity index is 661. The van der Waals surface area contributed by atoms with Crippen molar-refractivity contribution in [1.29, 1.82) is 0 Å². The summed E-state index contributed by atoms with van der Waals surface area (Å²) in [6.07, 6.45) is -2.81. The highest BCUT2D eigenvalue weighted by atomic mass is 19.4. The van der Waals surface area contributed by atoms with E-state index in [0.29, 0.717) is 6.07 Å². The SMILES string of the molecule is O=c1ncncn1Cn1ccc(C(F)(F)C(F)(F)F)n1. The highest BCUT2D eigenvalue weighted by molar-refractivity contribution is 5.09. The first-order valence-corrected chi connectivity index (χ1v) is 5.07. The largest absolute Gasteiger partial charge is 0.459 e. The van der Waals surface area contributed by atoms with Crippen LogP contribution in [0.2, 0.25) is 0 Å². The van der Waals surface area contributed by atoms with Crippen LogP contribution >= 0.6 is 0 Å². The molecule has 0 fully saturated rings. The average molecular weight is 295 g/mol. The van der Waals surface area contributed by atoms with Crippen LogP contribution in [-0.2, 0) is 12.6 Å². The second-order valence-electron chi connectivity index (χ2n) is 3.72. The van der Waals surface area contributed by atoms with Crippen LogP contribution in [0.25, 0.3) is 0 Å². The summed E-state index contributed by atoms with van der Waals surface area (Å²) in [7, 11) is 0. The number of alkyl halides is 5. The van der Waals surface area contributed by atoms with Crippen molar-refractivity contribution in [1.82, 2.24) is 24.3 Å². The van der Waals surface area contributed by atoms with Gasteiger partial charge in [-0.25, -0.2) is 9.78 Å². The van der Waals surface area contributed by atoms with Crippen LogP contribution in [0, 0.1) is 0 Å². The second kappa shape index (κ2) is 4.65. The quantitative estimate of drug-likeness (QED) is 0.792. The van der Waals surface area contributed by atoms with Gasteiger partial charge in [-0.05, 0) is 6.07 Å². The summed E-state index contributed by atoms with van der Waals surface area (Å²) in [5.41, 5.74) is -2.19. The number of hydrogen-bond acceptors (Lipinski definition) is 4. The highest BCUT2D eigenvalue weighted by Crippen LogP contribution is 2.42. The molecule has 2 rings (SSSR count). The number of halogens is 5. The molecular weight excluding hydrogens is 289 g/mol. The fourth-order valence-electron chi connectivity index (χ4n) is 1.32. The molecule has 11 heteroatoms. The summed E-state index contributed by atoms with van der Waals surface area (Å²) in [4.78, 5) is 18.0. The van der Waals surface area contributed by atoms with E-state index in [9.17, 15) is 26.7 Å². The molecule has 2 aromatic rings. The second-order valence-corrected chi connectivity index (χ2v) is 3.72. The number of aromatic nitrogens is 5. The zero-order chi connectivity index (χ0) is 15.0. The molecule has 0 unspecified atom stereocenters. The van der Waals surface area contributed by atoms with Crippen molar-refractivity contribution in [3.63, 3.8) is 0 Å². The summed E-state index contributed by atoms with van der Waals surface area (Å²) < 4.78 is 64.1. The van der Waals surface area contributed by atoms with Crippen LogP contribution in [0.15, 0.2) is 29.7 Å². The lowest BCUT2D eigenvalue weighted by Crippen LogP contribution is -2.34. The minimum absolute atomic E-state index is 0.381. The molecule has 0 atom stereocenters. The van der Waals surface area contributed by atoms with E-state index in [1.807, 2.05) is 0 Å². The Kier molecular flexibility index (Phi) is 3.28. The van der Waals surface area contributed by atoms with Gasteiger partial charge in [-0.3, -0.25) is 9.25 Å². The monoisotopic (exact) mass is 295 g/mol. The highest BCUT2D eigenvalue weighted by Gasteiger charge is 2.60. The van der Waals surface area contributed by atoms with Gasteiger partial charge in [0.25, 0.3) is 0 Å². The molecular formula is C9H6F5N5O. The molecule has 0 bridgehead atoms. The fraction of sp³-hybridized carbons (Fsp3) is 0.333. The van der Waals surface area contributed by atoms with Crippen molar-refractivity contribution in [2.24, 2.45) is 0 Å². The van der Waals surface area contributed by atoms with E-state index >= 15 is 0 Å². The molecule has 0 amide bonds. The van der Waals surface area contributed by atoms with Gasteiger partial charge in [0.15, 0.2) is 0 Å². The van der Waals surface area contributed by atoms with E-state index in [1.54, 1.807) is 0 Å². The van der Waals surface area contributed by atoms with Gasteiger partial charge in [0.1, 0.15) is 25.0 Å². The molecule has 0 spiro atoms. The number of hydrogen-bond donors (Lipinski definition) is 0. The number of rotatable bonds is 3. The van der Waals surface area contributed by atoms with Gasteiger partial charge in [0, 0.05) is 6.20 Å². The summed E-state index contributed by atoms with van der Waals surface area (Å²) in [6.45, 7) is -0.381. The zero-order valence-corrected chi connectivity index (χ0v) is 9.55. The third-order valence-electron chi connectivity index (χ3n) is 2.30. The lowest BCUT2D eigenvalue weighted by molar-refractivity contribution is -0.291. The first kappa shape index (κ1) is 14.1. The Balaban J connectivity index is 2.27. The minimum atomic E-state index is -5.74. The van der Waals surface area contributed by atoms with Crippen LogP contribution in [0.4, 0.5) is 22.0 Å². The van der Waals surface area contributed by atoms with E-state index in [0.717, 1.165) is 28.1 Å². The van der Waals surface area contributed by atoms with Gasteiger partial charge >= 0.3 is 17.8 Å². The predicted molar refractivity (Wildman–Crippen MR) is 53.9 cm³/mol. The first-order chi connectivity index (χ1) is 9.22. The third kappa shape index (κ3) is 2.51. The number of nitrogens with zero attached hydrogens (tertiary/aromatic N) is 5. The molecule has 0 saturated carbocycles. The van der Waals surface area contributed by atoms with Crippen molar-refractivity contribution >= 4 is 0 Å². The standard InChI is InChI=1S/C9H6F5N5O/c10-8(11,9(12,13)14)6-1-2-19(17-6)5-18-4-15-3-16-7(18)20/h1-4H,5H2. The lowest BCUT2D eigenvalue weighted by Gasteiger charge is -2.16. The van der Waals surface area contributed by atoms with Crippen LogP contribution in [-0.4, -0.2) is 30.5 Å². The smallest absolute Gasteiger partial charge is 0.262 e. The summed E-state index contributed by atoms with van der Waals surface area (Å²) in [5, 5.41) is 3.12. The van der Waals surface area contributed by atoms with E-state index in [1.165, 1.54) is 0 Å². The Hall–Kier alpha value is -2.33. The molecule has 6 nitrogen and oxygen atoms in total. The van der Waals surface area contributed by atoms with Gasteiger partial charge in [0.2, 0.25) is 0 Å². The van der Waals surface area contributed by atoms with E-state index in [-0.39, 0.29) is 6.67 Å². The fourth-order valence-corrected chi connectivity index (χ4v) is 1.32. The Morgan fingerprint density at radius 2 is 1.90 bits per heavy atom. The molecule has 0 aliphatic rings. The van der Waals surface area contributed by atoms with Gasteiger partial charge in [-0.2, -0.15) is 32.0 Å². The van der Waals surface area contributed by atoms with Crippen LogP contribution in [0.5, 0.6) is 0 Å². The minimum Gasteiger partial charge on any atom is -0.262 e. The van der Waals surface area contributed by atoms with Crippen molar-refractivity contribution in [3.8, 4) is 0 Å². The van der Waals surface area contributed by atoms with Crippen LogP contribution in [0.1, 0.15) is 5.69 Å². The molecule has 2 heterocycles. The Labute approximate surface area is 107 Å². The molecule has 20 heavy (non-hydrogen) atoms. The molecule has 2 aromatic heterocycles. The van der Waals surface area contributed by atoms with Crippen LogP contribution < -0.4 is 5.69 Å². The maximum absolute atomic E-state index is 13.0. The van der Waals surface area contributed by atoms with Gasteiger partial charge in [-0.1, -0.05) is 0 Å². The van der Waals surface area contributed by atoms with E-state index in [2.05, 4.69) is 15.1 Å². The zero-order valence-electron chi connectivity index (χ0n) is 9.55. The van der Waals surface area contributed by atoms with E-state index < -0.39 is 23.5 Å². The molecule has 0 aromatic carbocycles. The maximum Gasteiger partial charge on any atom is 0.459 e. The van der Waals surface area contributed by atoms with Gasteiger partial charge < -0.3 is 0 Å². The Morgan fingerprint density at radius 1 is 1.20 bits per heavy atom. The van der Waals surface area contributed by atoms with Crippen LogP contribution in [0.3, 0.4) is 0 Å². The Morgan fingerprint density at radius 3 is 2.50 bits per heavy atom.